The zero-order valence-electron chi connectivity index (χ0n) is 18.6. The van der Waals surface area contributed by atoms with Gasteiger partial charge in [0.1, 0.15) is 6.54 Å². The van der Waals surface area contributed by atoms with Crippen molar-refractivity contribution >= 4 is 17.8 Å². The number of unbranched alkanes of at least 4 members (excludes halogenated alkanes) is 6. The Bertz CT molecular complexity index is 545. The molecule has 0 bridgehead atoms. The number of amides is 2. The normalized spacial score (nSPS) is 19.9. The molecule has 9 heteroatoms. The number of carbonyl (C=O) groups is 3. The van der Waals surface area contributed by atoms with Crippen molar-refractivity contribution in [3.8, 4) is 0 Å². The summed E-state index contributed by atoms with van der Waals surface area (Å²) in [6, 6.07) is -0.930. The average Bonchev–Trinajstić information content (AvgIpc) is 3.45. The van der Waals surface area contributed by atoms with Crippen LogP contribution in [-0.4, -0.2) is 60.1 Å². The van der Waals surface area contributed by atoms with E-state index >= 15 is 0 Å². The van der Waals surface area contributed by atoms with Crippen LogP contribution < -0.4 is 22.2 Å². The van der Waals surface area contributed by atoms with E-state index in [1.807, 2.05) is 0 Å². The minimum atomic E-state index is -1.04. The molecular formula is C21H41N5O4. The Morgan fingerprint density at radius 3 is 2.33 bits per heavy atom. The van der Waals surface area contributed by atoms with Gasteiger partial charge in [0.2, 0.25) is 11.8 Å². The van der Waals surface area contributed by atoms with Crippen LogP contribution in [0.15, 0.2) is 0 Å². The number of carbonyl (C=O) groups excluding carboxylic acids is 2. The third-order valence-electron chi connectivity index (χ3n) is 5.67. The zero-order chi connectivity index (χ0) is 22.5. The topological polar surface area (TPSA) is 151 Å². The molecule has 4 atom stereocenters. The summed E-state index contributed by atoms with van der Waals surface area (Å²) in [5.41, 5.74) is 14.3. The van der Waals surface area contributed by atoms with Gasteiger partial charge in [-0.2, -0.15) is 0 Å². The number of nitrogens with zero attached hydrogens (tertiary/aromatic N) is 1. The molecular weight excluding hydrogens is 386 g/mol. The van der Waals surface area contributed by atoms with Crippen LogP contribution in [0, 0.1) is 11.8 Å². The highest BCUT2D eigenvalue weighted by atomic mass is 16.4. The fourth-order valence-electron chi connectivity index (χ4n) is 3.79. The summed E-state index contributed by atoms with van der Waals surface area (Å²) in [7, 11) is 1.48. The Morgan fingerprint density at radius 2 is 1.77 bits per heavy atom. The third kappa shape index (κ3) is 10.9. The lowest BCUT2D eigenvalue weighted by Gasteiger charge is -2.23. The number of hydrogen-bond acceptors (Lipinski definition) is 6. The maximum absolute atomic E-state index is 12.5. The quantitative estimate of drug-likeness (QED) is 0.171. The second-order valence-corrected chi connectivity index (χ2v) is 8.52. The first kappa shape index (κ1) is 26.3. The van der Waals surface area contributed by atoms with Gasteiger partial charge in [0.05, 0.1) is 6.04 Å². The molecule has 174 valence electrons. The van der Waals surface area contributed by atoms with Crippen LogP contribution in [-0.2, 0) is 14.4 Å². The van der Waals surface area contributed by atoms with E-state index < -0.39 is 12.0 Å². The molecule has 1 rings (SSSR count). The van der Waals surface area contributed by atoms with Gasteiger partial charge in [-0.15, -0.1) is 0 Å². The van der Waals surface area contributed by atoms with Crippen LogP contribution in [0.5, 0.6) is 0 Å². The highest BCUT2D eigenvalue weighted by Gasteiger charge is 2.43. The van der Waals surface area contributed by atoms with Crippen molar-refractivity contribution in [2.24, 2.45) is 23.3 Å². The summed E-state index contributed by atoms with van der Waals surface area (Å²) in [6.45, 7) is 2.41. The first-order valence-corrected chi connectivity index (χ1v) is 11.3. The SMILES string of the molecule is CCCCCCCCC[C@H](N)C(=O)N[C@H](CC(=O)NN(C)CC(=O)O)[C@H]1C[C@H]1CN. The van der Waals surface area contributed by atoms with E-state index in [0.29, 0.717) is 18.9 Å². The van der Waals surface area contributed by atoms with Crippen molar-refractivity contribution in [3.63, 3.8) is 0 Å². The van der Waals surface area contributed by atoms with Gasteiger partial charge in [-0.25, -0.2) is 5.01 Å². The van der Waals surface area contributed by atoms with E-state index in [2.05, 4.69) is 17.7 Å². The average molecular weight is 428 g/mol. The van der Waals surface area contributed by atoms with E-state index in [4.69, 9.17) is 16.6 Å². The van der Waals surface area contributed by atoms with Crippen LogP contribution >= 0.6 is 0 Å². The predicted octanol–water partition coefficient (Wildman–Crippen LogP) is 0.972. The van der Waals surface area contributed by atoms with Crippen molar-refractivity contribution in [2.45, 2.75) is 83.2 Å². The minimum Gasteiger partial charge on any atom is -0.480 e. The second kappa shape index (κ2) is 14.3. The van der Waals surface area contributed by atoms with Gasteiger partial charge in [0.25, 0.3) is 0 Å². The van der Waals surface area contributed by atoms with Crippen molar-refractivity contribution < 1.29 is 19.5 Å². The standard InChI is InChI=1S/C21H41N5O4/c1-3-4-5-6-7-8-9-10-17(23)21(30)24-18(16-11-15(16)13-22)12-19(27)25-26(2)14-20(28)29/h15-18H,3-14,22-23H2,1-2H3,(H,24,30)(H,25,27)(H,28,29)/t15-,16-,17-,18+/m0/s1. The maximum atomic E-state index is 12.5. The van der Waals surface area contributed by atoms with Crippen LogP contribution in [0.3, 0.4) is 0 Å². The zero-order valence-corrected chi connectivity index (χ0v) is 18.6. The van der Waals surface area contributed by atoms with Crippen LogP contribution in [0.25, 0.3) is 0 Å². The Balaban J connectivity index is 2.42. The fraction of sp³-hybridized carbons (Fsp3) is 0.857. The van der Waals surface area contributed by atoms with Crippen LogP contribution in [0.2, 0.25) is 0 Å². The second-order valence-electron chi connectivity index (χ2n) is 8.52. The third-order valence-corrected chi connectivity index (χ3v) is 5.67. The van der Waals surface area contributed by atoms with Crippen LogP contribution in [0.1, 0.15) is 71.1 Å². The number of nitrogens with one attached hydrogen (secondary N) is 2. The van der Waals surface area contributed by atoms with E-state index in [0.717, 1.165) is 19.3 Å². The minimum absolute atomic E-state index is 0.0705. The van der Waals surface area contributed by atoms with Gasteiger partial charge in [-0.05, 0) is 31.2 Å². The molecule has 1 aliphatic rings. The number of hydrogen-bond donors (Lipinski definition) is 5. The summed E-state index contributed by atoms with van der Waals surface area (Å²) < 4.78 is 0. The number of carboxylic acids is 1. The summed E-state index contributed by atoms with van der Waals surface area (Å²) in [5, 5.41) is 12.9. The Labute approximate surface area is 180 Å². The van der Waals surface area contributed by atoms with Gasteiger partial charge in [-0.1, -0.05) is 51.9 Å². The summed E-state index contributed by atoms with van der Waals surface area (Å²) in [4.78, 5) is 35.6. The number of likely N-dealkylation sites (N-methyl/N-ethyl adjacent to an activating group) is 1. The van der Waals surface area contributed by atoms with E-state index in [9.17, 15) is 14.4 Å². The van der Waals surface area contributed by atoms with E-state index in [-0.39, 0.29) is 36.7 Å². The monoisotopic (exact) mass is 427 g/mol. The predicted molar refractivity (Wildman–Crippen MR) is 116 cm³/mol. The van der Waals surface area contributed by atoms with E-state index in [1.165, 1.54) is 44.2 Å². The Morgan fingerprint density at radius 1 is 1.13 bits per heavy atom. The molecule has 0 radical (unpaired) electrons. The number of aliphatic carboxylic acids is 1. The molecule has 1 saturated carbocycles. The molecule has 0 unspecified atom stereocenters. The van der Waals surface area contributed by atoms with Gasteiger partial charge in [-0.3, -0.25) is 19.8 Å². The molecule has 0 heterocycles. The lowest BCUT2D eigenvalue weighted by Crippen LogP contribution is -2.50. The van der Waals surface area contributed by atoms with Crippen molar-refractivity contribution in [1.82, 2.24) is 15.8 Å². The van der Waals surface area contributed by atoms with E-state index in [1.54, 1.807) is 0 Å². The van der Waals surface area contributed by atoms with Gasteiger partial charge in [0, 0.05) is 19.5 Å². The lowest BCUT2D eigenvalue weighted by molar-refractivity contribution is -0.139. The molecule has 1 fully saturated rings. The van der Waals surface area contributed by atoms with Crippen molar-refractivity contribution in [1.29, 1.82) is 0 Å². The molecule has 1 aliphatic carbocycles. The van der Waals surface area contributed by atoms with Gasteiger partial charge < -0.3 is 21.9 Å². The molecule has 7 N–H and O–H groups in total. The molecule has 0 aromatic rings. The largest absolute Gasteiger partial charge is 0.480 e. The summed E-state index contributed by atoms with van der Waals surface area (Å²) in [5.74, 6) is -1.17. The highest BCUT2D eigenvalue weighted by Crippen LogP contribution is 2.41. The summed E-state index contributed by atoms with van der Waals surface area (Å²) in [6.07, 6.45) is 9.72. The number of hydrazine groups is 1. The number of rotatable bonds is 17. The smallest absolute Gasteiger partial charge is 0.319 e. The molecule has 30 heavy (non-hydrogen) atoms. The van der Waals surface area contributed by atoms with Gasteiger partial charge >= 0.3 is 5.97 Å². The molecule has 0 saturated heterocycles. The molecule has 0 aromatic heterocycles. The van der Waals surface area contributed by atoms with Crippen LogP contribution in [0.4, 0.5) is 0 Å². The highest BCUT2D eigenvalue weighted by molar-refractivity contribution is 5.83. The Hall–Kier alpha value is -1.71. The number of nitrogens with two attached hydrogens (primary N) is 2. The van der Waals surface area contributed by atoms with Gasteiger partial charge in [0.15, 0.2) is 0 Å². The van der Waals surface area contributed by atoms with Crippen molar-refractivity contribution in [2.75, 3.05) is 20.1 Å². The summed E-state index contributed by atoms with van der Waals surface area (Å²) >= 11 is 0. The molecule has 0 aromatic carbocycles. The Kier molecular flexibility index (Phi) is 12.6. The first-order valence-electron chi connectivity index (χ1n) is 11.3. The molecule has 2 amide bonds. The van der Waals surface area contributed by atoms with Crippen molar-refractivity contribution in [3.05, 3.63) is 0 Å². The fourth-order valence-corrected chi connectivity index (χ4v) is 3.79. The maximum Gasteiger partial charge on any atom is 0.319 e. The first-order chi connectivity index (χ1) is 14.3. The number of carboxylic acid groups (broad SMARTS) is 1. The molecule has 0 aliphatic heterocycles. The lowest BCUT2D eigenvalue weighted by atomic mass is 10.0. The molecule has 9 nitrogen and oxygen atoms in total. The molecule has 0 spiro atoms.